The summed E-state index contributed by atoms with van der Waals surface area (Å²) in [5.41, 5.74) is 1.52. The van der Waals surface area contributed by atoms with Gasteiger partial charge in [-0.3, -0.25) is 0 Å². The Labute approximate surface area is 62.9 Å². The van der Waals surface area contributed by atoms with Gasteiger partial charge in [-0.05, 0) is 12.1 Å². The van der Waals surface area contributed by atoms with E-state index in [9.17, 15) is 9.36 Å². The maximum absolute atomic E-state index is 10.3. The molecule has 0 aliphatic heterocycles. The van der Waals surface area contributed by atoms with Gasteiger partial charge in [-0.15, -0.1) is 0 Å². The standard InChI is InChI=1S/C3H8N2O5P/c1-2-10-3(6)4-5-11(7,8)9/h2H2,1H3,(H,4,6)(H2,7,8,9). The van der Waals surface area contributed by atoms with Gasteiger partial charge in [0.1, 0.15) is 0 Å². The Morgan fingerprint density at radius 1 is 1.73 bits per heavy atom. The van der Waals surface area contributed by atoms with Crippen LogP contribution < -0.4 is 10.6 Å². The van der Waals surface area contributed by atoms with Crippen LogP contribution >= 0.6 is 7.75 Å². The van der Waals surface area contributed by atoms with Gasteiger partial charge in [0, 0.05) is 0 Å². The lowest BCUT2D eigenvalue weighted by molar-refractivity contribution is 0.148. The van der Waals surface area contributed by atoms with Gasteiger partial charge >= 0.3 is 13.8 Å². The van der Waals surface area contributed by atoms with Crippen LogP contribution in [0.25, 0.3) is 0 Å². The van der Waals surface area contributed by atoms with Crippen molar-refractivity contribution in [1.29, 1.82) is 0 Å². The van der Waals surface area contributed by atoms with Gasteiger partial charge in [0.25, 0.3) is 0 Å². The average Bonchev–Trinajstić information content (AvgIpc) is 1.83. The van der Waals surface area contributed by atoms with Crippen molar-refractivity contribution in [2.45, 2.75) is 6.92 Å². The minimum atomic E-state index is -4.53. The molecule has 65 valence electrons. The maximum atomic E-state index is 10.3. The topological polar surface area (TPSA) is 110 Å². The van der Waals surface area contributed by atoms with Gasteiger partial charge in [0.05, 0.1) is 6.61 Å². The van der Waals surface area contributed by atoms with E-state index in [-0.39, 0.29) is 6.61 Å². The second kappa shape index (κ2) is 4.30. The van der Waals surface area contributed by atoms with Crippen LogP contribution in [0.5, 0.6) is 0 Å². The van der Waals surface area contributed by atoms with Crippen molar-refractivity contribution < 1.29 is 23.9 Å². The highest BCUT2D eigenvalue weighted by molar-refractivity contribution is 7.49. The van der Waals surface area contributed by atoms with E-state index in [1.807, 2.05) is 0 Å². The minimum absolute atomic E-state index is 0.114. The summed E-state index contributed by atoms with van der Waals surface area (Å²) in [7, 11) is -4.53. The maximum Gasteiger partial charge on any atom is 0.437 e. The normalized spacial score (nSPS) is 10.8. The summed E-state index contributed by atoms with van der Waals surface area (Å²) in [6.45, 7) is 1.67. The Kier molecular flexibility index (Phi) is 4.06. The third kappa shape index (κ3) is 7.27. The van der Waals surface area contributed by atoms with Crippen LogP contribution in [0.1, 0.15) is 6.92 Å². The summed E-state index contributed by atoms with van der Waals surface area (Å²) in [6, 6.07) is 0. The third-order valence-corrected chi connectivity index (χ3v) is 0.908. The van der Waals surface area contributed by atoms with E-state index in [1.165, 1.54) is 5.43 Å². The van der Waals surface area contributed by atoms with Crippen molar-refractivity contribution in [1.82, 2.24) is 10.6 Å². The Morgan fingerprint density at radius 3 is 2.64 bits per heavy atom. The van der Waals surface area contributed by atoms with E-state index in [0.29, 0.717) is 0 Å². The lowest BCUT2D eigenvalue weighted by Gasteiger charge is -2.04. The summed E-state index contributed by atoms with van der Waals surface area (Å²) in [5.74, 6) is 0. The van der Waals surface area contributed by atoms with Gasteiger partial charge < -0.3 is 14.5 Å². The molecule has 8 heteroatoms. The zero-order valence-electron chi connectivity index (χ0n) is 5.72. The van der Waals surface area contributed by atoms with E-state index >= 15 is 0 Å². The zero-order chi connectivity index (χ0) is 8.91. The largest absolute Gasteiger partial charge is 0.449 e. The lowest BCUT2D eigenvalue weighted by atomic mass is 10.9. The van der Waals surface area contributed by atoms with Crippen molar-refractivity contribution in [2.75, 3.05) is 6.61 Å². The molecule has 0 aromatic rings. The predicted molar refractivity (Wildman–Crippen MR) is 34.3 cm³/mol. The Hall–Kier alpha value is -0.620. The third-order valence-electron chi connectivity index (χ3n) is 0.547. The molecular weight excluding hydrogens is 175 g/mol. The van der Waals surface area contributed by atoms with Crippen molar-refractivity contribution in [3.8, 4) is 0 Å². The zero-order valence-corrected chi connectivity index (χ0v) is 6.62. The van der Waals surface area contributed by atoms with Gasteiger partial charge in [-0.25, -0.2) is 14.8 Å². The number of carbonyl (C=O) groups is 1. The number of hydrogen-bond donors (Lipinski definition) is 3. The molecule has 0 unspecified atom stereocenters. The number of amides is 1. The minimum Gasteiger partial charge on any atom is -0.449 e. The number of rotatable bonds is 3. The Balaban J connectivity index is 3.55. The number of nitrogens with one attached hydrogen (secondary N) is 1. The highest BCUT2D eigenvalue weighted by Gasteiger charge is 2.15. The SMILES string of the molecule is CCOC(=O)N[N]P(=O)(O)O. The molecule has 0 rings (SSSR count). The molecule has 0 fully saturated rings. The summed E-state index contributed by atoms with van der Waals surface area (Å²) >= 11 is 0. The number of hydrogen-bond acceptors (Lipinski definition) is 3. The van der Waals surface area contributed by atoms with Gasteiger partial charge in [0.2, 0.25) is 0 Å². The highest BCUT2D eigenvalue weighted by atomic mass is 31.2. The number of carbonyl (C=O) groups excluding carboxylic acids is 1. The van der Waals surface area contributed by atoms with Gasteiger partial charge in [0.15, 0.2) is 0 Å². The van der Waals surface area contributed by atoms with E-state index in [0.717, 1.165) is 0 Å². The first-order chi connectivity index (χ1) is 4.95. The fourth-order valence-corrected chi connectivity index (χ4v) is 0.481. The lowest BCUT2D eigenvalue weighted by Crippen LogP contribution is -2.30. The predicted octanol–water partition coefficient (Wildman–Crippen LogP) is -0.655. The number of nitrogens with zero attached hydrogens (tertiary/aromatic N) is 1. The molecular formula is C3H8N2O5P. The molecule has 1 amide bonds. The van der Waals surface area contributed by atoms with E-state index in [4.69, 9.17) is 9.79 Å². The summed E-state index contributed by atoms with van der Waals surface area (Å²) in [4.78, 5) is 26.5. The van der Waals surface area contributed by atoms with Crippen molar-refractivity contribution >= 4 is 13.8 Å². The van der Waals surface area contributed by atoms with Crippen molar-refractivity contribution in [3.63, 3.8) is 0 Å². The molecule has 0 aliphatic carbocycles. The molecule has 0 bridgehead atoms. The average molecular weight is 183 g/mol. The molecule has 3 N–H and O–H groups in total. The first kappa shape index (κ1) is 10.4. The molecule has 7 nitrogen and oxygen atoms in total. The van der Waals surface area contributed by atoms with Crippen molar-refractivity contribution in [3.05, 3.63) is 0 Å². The molecule has 0 spiro atoms. The van der Waals surface area contributed by atoms with Gasteiger partial charge in [-0.2, -0.15) is 0 Å². The van der Waals surface area contributed by atoms with E-state index in [1.54, 1.807) is 6.92 Å². The molecule has 0 aliphatic rings. The van der Waals surface area contributed by atoms with Crippen LogP contribution in [0.3, 0.4) is 0 Å². The van der Waals surface area contributed by atoms with Crippen molar-refractivity contribution in [2.24, 2.45) is 0 Å². The quantitative estimate of drug-likeness (QED) is 0.397. The molecule has 11 heavy (non-hydrogen) atoms. The van der Waals surface area contributed by atoms with Gasteiger partial charge in [-0.1, -0.05) is 0 Å². The van der Waals surface area contributed by atoms with Crippen LogP contribution in [0.4, 0.5) is 4.79 Å². The summed E-state index contributed by atoms with van der Waals surface area (Å²) in [5, 5.41) is 2.52. The summed E-state index contributed by atoms with van der Waals surface area (Å²) < 4.78 is 14.2. The molecule has 0 saturated heterocycles. The highest BCUT2D eigenvalue weighted by Crippen LogP contribution is 2.28. The van der Waals surface area contributed by atoms with Crippen LogP contribution in [0, 0.1) is 0 Å². The monoisotopic (exact) mass is 183 g/mol. The first-order valence-electron chi connectivity index (χ1n) is 2.66. The summed E-state index contributed by atoms with van der Waals surface area (Å²) in [6.07, 6.45) is -0.990. The Bertz CT molecular complexity index is 177. The second-order valence-corrected chi connectivity index (χ2v) is 2.67. The van der Waals surface area contributed by atoms with E-state index in [2.05, 4.69) is 9.93 Å². The van der Waals surface area contributed by atoms with Crippen LogP contribution in [0.15, 0.2) is 0 Å². The molecule has 0 aromatic carbocycles. The Morgan fingerprint density at radius 2 is 2.27 bits per heavy atom. The molecule has 0 heterocycles. The van der Waals surface area contributed by atoms with Crippen LogP contribution in [-0.4, -0.2) is 22.5 Å². The molecule has 1 radical (unpaired) electrons. The van der Waals surface area contributed by atoms with Crippen LogP contribution in [-0.2, 0) is 9.30 Å². The fourth-order valence-electron chi connectivity index (χ4n) is 0.269. The first-order valence-corrected chi connectivity index (χ1v) is 4.23. The molecule has 0 saturated carbocycles. The van der Waals surface area contributed by atoms with Crippen LogP contribution in [0.2, 0.25) is 0 Å². The van der Waals surface area contributed by atoms with E-state index < -0.39 is 13.8 Å². The number of ether oxygens (including phenoxy) is 1. The second-order valence-electron chi connectivity index (χ2n) is 1.45. The fraction of sp³-hybridized carbons (Fsp3) is 0.667. The smallest absolute Gasteiger partial charge is 0.437 e. The molecule has 0 atom stereocenters. The molecule has 0 aromatic heterocycles.